The lowest BCUT2D eigenvalue weighted by molar-refractivity contribution is 0.0513. The van der Waals surface area contributed by atoms with Crippen LogP contribution >= 0.6 is 11.6 Å². The fourth-order valence-corrected chi connectivity index (χ4v) is 5.52. The van der Waals surface area contributed by atoms with Crippen LogP contribution < -0.4 is 4.74 Å². The molecule has 0 spiro atoms. The third-order valence-electron chi connectivity index (χ3n) is 7.07. The molecular weight excluding hydrogens is 450 g/mol. The number of ether oxygens (including phenoxy) is 1. The summed E-state index contributed by atoms with van der Waals surface area (Å²) in [5, 5.41) is 21.7. The second kappa shape index (κ2) is 9.27. The highest BCUT2D eigenvalue weighted by atomic mass is 35.5. The Morgan fingerprint density at radius 1 is 1.12 bits per heavy atom. The van der Waals surface area contributed by atoms with E-state index in [0.29, 0.717) is 17.0 Å². The number of benzene rings is 2. The lowest BCUT2D eigenvalue weighted by atomic mass is 9.67. The molecule has 0 radical (unpaired) electrons. The summed E-state index contributed by atoms with van der Waals surface area (Å²) in [6.07, 6.45) is 2.32. The van der Waals surface area contributed by atoms with Gasteiger partial charge in [-0.3, -0.25) is 0 Å². The zero-order valence-corrected chi connectivity index (χ0v) is 21.3. The Labute approximate surface area is 206 Å². The van der Waals surface area contributed by atoms with Crippen LogP contribution in [0.15, 0.2) is 42.5 Å². The molecule has 0 aliphatic heterocycles. The minimum atomic E-state index is -1.09. The van der Waals surface area contributed by atoms with Gasteiger partial charge in [0.05, 0.1) is 22.7 Å². The van der Waals surface area contributed by atoms with Gasteiger partial charge in [-0.1, -0.05) is 38.4 Å². The van der Waals surface area contributed by atoms with Crippen molar-refractivity contribution in [3.05, 3.63) is 58.7 Å². The molecule has 3 atom stereocenters. The van der Waals surface area contributed by atoms with Gasteiger partial charge in [0.15, 0.2) is 5.69 Å². The summed E-state index contributed by atoms with van der Waals surface area (Å²) in [7, 11) is 0. The molecule has 4 rings (SSSR count). The van der Waals surface area contributed by atoms with E-state index in [0.717, 1.165) is 36.1 Å². The molecule has 0 saturated heterocycles. The first-order valence-electron chi connectivity index (χ1n) is 12.0. The highest BCUT2D eigenvalue weighted by molar-refractivity contribution is 6.38. The first-order chi connectivity index (χ1) is 16.0. The molecule has 2 N–H and O–H groups in total. The number of carboxylic acids is 1. The van der Waals surface area contributed by atoms with E-state index >= 15 is 0 Å². The molecule has 1 aliphatic rings. The number of aromatic carboxylic acids is 1. The predicted octanol–water partition coefficient (Wildman–Crippen LogP) is 7.06. The molecule has 6 heteroatoms. The molecule has 1 aliphatic carbocycles. The second-order valence-electron chi connectivity index (χ2n) is 10.8. The van der Waals surface area contributed by atoms with Crippen LogP contribution in [0, 0.1) is 11.3 Å². The van der Waals surface area contributed by atoms with Crippen molar-refractivity contribution in [3.8, 4) is 11.4 Å². The molecule has 34 heavy (non-hydrogen) atoms. The Morgan fingerprint density at radius 3 is 2.38 bits per heavy atom. The zero-order valence-electron chi connectivity index (χ0n) is 20.5. The van der Waals surface area contributed by atoms with Gasteiger partial charge in [0.1, 0.15) is 5.75 Å². The van der Waals surface area contributed by atoms with Crippen LogP contribution in [0.5, 0.6) is 5.75 Å². The van der Waals surface area contributed by atoms with E-state index in [2.05, 4.69) is 20.8 Å². The number of fused-ring (bicyclic) bond motifs is 1. The SMILES string of the molecule is CC(C)Oc1ccc(-n2c(C(=O)O)c(Cl)c3cc(C4CC(C(C)(C)C)CCC4O)ccc32)cc1. The second-order valence-corrected chi connectivity index (χ2v) is 11.2. The summed E-state index contributed by atoms with van der Waals surface area (Å²) >= 11 is 6.67. The van der Waals surface area contributed by atoms with E-state index in [1.165, 1.54) is 0 Å². The Balaban J connectivity index is 1.79. The van der Waals surface area contributed by atoms with Crippen molar-refractivity contribution < 1.29 is 19.7 Å². The quantitative estimate of drug-likeness (QED) is 0.407. The maximum Gasteiger partial charge on any atom is 0.354 e. The number of aliphatic hydroxyl groups is 1. The topological polar surface area (TPSA) is 71.7 Å². The number of carboxylic acid groups (broad SMARTS) is 1. The molecule has 5 nitrogen and oxygen atoms in total. The summed E-state index contributed by atoms with van der Waals surface area (Å²) in [6, 6.07) is 13.3. The minimum Gasteiger partial charge on any atom is -0.491 e. The highest BCUT2D eigenvalue weighted by Crippen LogP contribution is 2.45. The Kier molecular flexibility index (Phi) is 6.71. The van der Waals surface area contributed by atoms with Crippen molar-refractivity contribution in [3.63, 3.8) is 0 Å². The average Bonchev–Trinajstić information content (AvgIpc) is 3.05. The molecule has 182 valence electrons. The smallest absolute Gasteiger partial charge is 0.354 e. The van der Waals surface area contributed by atoms with Crippen molar-refractivity contribution in [2.45, 2.75) is 72.0 Å². The lowest BCUT2D eigenvalue weighted by Crippen LogP contribution is -2.33. The van der Waals surface area contributed by atoms with E-state index in [9.17, 15) is 15.0 Å². The summed E-state index contributed by atoms with van der Waals surface area (Å²) in [5.41, 5.74) is 2.63. The normalized spacial score (nSPS) is 21.2. The number of aromatic nitrogens is 1. The van der Waals surface area contributed by atoms with Crippen molar-refractivity contribution in [1.29, 1.82) is 0 Å². The van der Waals surface area contributed by atoms with Crippen LogP contribution in [-0.2, 0) is 0 Å². The molecule has 0 amide bonds. The number of rotatable bonds is 5. The Hall–Kier alpha value is -2.50. The van der Waals surface area contributed by atoms with Crippen LogP contribution in [0.3, 0.4) is 0 Å². The number of carbonyl (C=O) groups is 1. The maximum absolute atomic E-state index is 12.2. The van der Waals surface area contributed by atoms with Crippen LogP contribution in [0.25, 0.3) is 16.6 Å². The van der Waals surface area contributed by atoms with Crippen molar-refractivity contribution >= 4 is 28.5 Å². The summed E-state index contributed by atoms with van der Waals surface area (Å²) < 4.78 is 7.40. The van der Waals surface area contributed by atoms with Gasteiger partial charge < -0.3 is 19.5 Å². The number of hydrogen-bond acceptors (Lipinski definition) is 3. The van der Waals surface area contributed by atoms with Gasteiger partial charge in [0.2, 0.25) is 0 Å². The molecule has 3 unspecified atom stereocenters. The fraction of sp³-hybridized carbons (Fsp3) is 0.464. The van der Waals surface area contributed by atoms with Gasteiger partial charge >= 0.3 is 5.97 Å². The largest absolute Gasteiger partial charge is 0.491 e. The summed E-state index contributed by atoms with van der Waals surface area (Å²) in [4.78, 5) is 12.2. The monoisotopic (exact) mass is 483 g/mol. The number of halogens is 1. The molecule has 1 heterocycles. The van der Waals surface area contributed by atoms with Gasteiger partial charge in [0, 0.05) is 17.0 Å². The predicted molar refractivity (Wildman–Crippen MR) is 137 cm³/mol. The zero-order chi connectivity index (χ0) is 24.8. The average molecular weight is 484 g/mol. The molecule has 1 fully saturated rings. The van der Waals surface area contributed by atoms with E-state index in [1.54, 1.807) is 4.57 Å². The molecule has 1 aromatic heterocycles. The van der Waals surface area contributed by atoms with E-state index in [-0.39, 0.29) is 28.2 Å². The summed E-state index contributed by atoms with van der Waals surface area (Å²) in [5.74, 6) is 0.149. The van der Waals surface area contributed by atoms with Crippen LogP contribution in [0.4, 0.5) is 0 Å². The van der Waals surface area contributed by atoms with Gasteiger partial charge in [-0.05, 0) is 86.4 Å². The molecular formula is C28H34ClNO4. The Morgan fingerprint density at radius 2 is 1.79 bits per heavy atom. The third kappa shape index (κ3) is 4.69. The molecule has 3 aromatic rings. The van der Waals surface area contributed by atoms with E-state index in [4.69, 9.17) is 16.3 Å². The van der Waals surface area contributed by atoms with E-state index in [1.807, 2.05) is 56.3 Å². The third-order valence-corrected chi connectivity index (χ3v) is 7.45. The van der Waals surface area contributed by atoms with Crippen LogP contribution in [0.2, 0.25) is 5.02 Å². The van der Waals surface area contributed by atoms with Crippen molar-refractivity contribution in [1.82, 2.24) is 4.57 Å². The summed E-state index contributed by atoms with van der Waals surface area (Å²) in [6.45, 7) is 10.7. The number of aliphatic hydroxyl groups excluding tert-OH is 1. The molecule has 0 bridgehead atoms. The molecule has 2 aromatic carbocycles. The van der Waals surface area contributed by atoms with E-state index < -0.39 is 12.1 Å². The number of hydrogen-bond donors (Lipinski definition) is 2. The highest BCUT2D eigenvalue weighted by Gasteiger charge is 2.36. The minimum absolute atomic E-state index is 0.00235. The van der Waals surface area contributed by atoms with Gasteiger partial charge in [0.25, 0.3) is 0 Å². The maximum atomic E-state index is 12.2. The Bertz CT molecular complexity index is 1190. The standard InChI is InChI=1S/C28H34ClNO4/c1-16(2)34-20-10-8-19(9-11-20)30-23-12-6-17(14-22(23)25(29)26(30)27(32)33)21-15-18(28(3,4)5)7-13-24(21)31/h6,8-12,14,16,18,21,24,31H,7,13,15H2,1-5H3,(H,32,33). The van der Waals surface area contributed by atoms with Crippen LogP contribution in [-0.4, -0.2) is 33.0 Å². The van der Waals surface area contributed by atoms with Gasteiger partial charge in [-0.15, -0.1) is 0 Å². The fourth-order valence-electron chi connectivity index (χ4n) is 5.20. The van der Waals surface area contributed by atoms with Crippen LogP contribution in [0.1, 0.15) is 75.9 Å². The van der Waals surface area contributed by atoms with Crippen molar-refractivity contribution in [2.75, 3.05) is 0 Å². The first-order valence-corrected chi connectivity index (χ1v) is 12.4. The first kappa shape index (κ1) is 24.6. The molecule has 1 saturated carbocycles. The lowest BCUT2D eigenvalue weighted by Gasteiger charge is -2.40. The van der Waals surface area contributed by atoms with Crippen molar-refractivity contribution in [2.24, 2.45) is 11.3 Å². The number of nitrogens with zero attached hydrogens (tertiary/aromatic N) is 1. The van der Waals surface area contributed by atoms with Gasteiger partial charge in [-0.2, -0.15) is 0 Å². The van der Waals surface area contributed by atoms with Gasteiger partial charge in [-0.25, -0.2) is 4.79 Å².